The molecular weight excluding hydrogens is 849 g/mol. The summed E-state index contributed by atoms with van der Waals surface area (Å²) in [5.74, 6) is 1.62. The second kappa shape index (κ2) is 22.8. The molecule has 0 saturated carbocycles. The first-order valence-electron chi connectivity index (χ1n) is 22.9. The monoisotopic (exact) mass is 902 g/mol. The van der Waals surface area contributed by atoms with E-state index in [-0.39, 0.29) is 5.78 Å². The summed E-state index contributed by atoms with van der Waals surface area (Å²) in [6, 6.07) is 72.7. The third-order valence-corrected chi connectivity index (χ3v) is 11.7. The van der Waals surface area contributed by atoms with Gasteiger partial charge in [0.15, 0.2) is 5.78 Å². The molecule has 0 fully saturated rings. The first kappa shape index (κ1) is 47.0. The summed E-state index contributed by atoms with van der Waals surface area (Å²) in [5.41, 5.74) is 21.0. The largest absolute Gasteiger partial charge is 0.497 e. The Kier molecular flexibility index (Phi) is 15.5. The van der Waals surface area contributed by atoms with E-state index in [9.17, 15) is 4.79 Å². The van der Waals surface area contributed by atoms with Crippen LogP contribution in [0.1, 0.15) is 49.3 Å². The molecule has 0 aliphatic rings. The molecule has 0 radical (unpaired) electrons. The second-order valence-electron chi connectivity index (χ2n) is 16.6. The summed E-state index contributed by atoms with van der Waals surface area (Å²) in [6.07, 6.45) is 0. The Bertz CT molecular complexity index is 3300. The molecular formula is C62H54N4O3. The molecule has 0 aliphatic carbocycles. The van der Waals surface area contributed by atoms with Crippen LogP contribution in [0.25, 0.3) is 44.3 Å². The number of ketones is 1. The van der Waals surface area contributed by atoms with E-state index < -0.39 is 0 Å². The minimum absolute atomic E-state index is 0.0349. The molecule has 7 nitrogen and oxygen atoms in total. The first-order valence-corrected chi connectivity index (χ1v) is 22.9. The summed E-state index contributed by atoms with van der Waals surface area (Å²) in [6.45, 7) is 5.22. The van der Waals surface area contributed by atoms with Crippen LogP contribution in [0.2, 0.25) is 0 Å². The zero-order valence-electron chi connectivity index (χ0n) is 39.3. The lowest BCUT2D eigenvalue weighted by molar-refractivity contribution is 0.103. The molecule has 69 heavy (non-hydrogen) atoms. The van der Waals surface area contributed by atoms with E-state index >= 15 is 0 Å². The minimum Gasteiger partial charge on any atom is -0.497 e. The highest BCUT2D eigenvalue weighted by atomic mass is 16.5. The summed E-state index contributed by atoms with van der Waals surface area (Å²) < 4.78 is 10.4. The van der Waals surface area contributed by atoms with Crippen molar-refractivity contribution in [1.82, 2.24) is 9.97 Å². The minimum atomic E-state index is 0.0349. The van der Waals surface area contributed by atoms with Crippen LogP contribution in [0.5, 0.6) is 11.5 Å². The van der Waals surface area contributed by atoms with Crippen molar-refractivity contribution in [2.24, 2.45) is 10.7 Å². The number of aryl methyl sites for hydroxylation is 2. The second-order valence-corrected chi connectivity index (χ2v) is 16.6. The number of fused-ring (bicyclic) bond motifs is 2. The van der Waals surface area contributed by atoms with Crippen molar-refractivity contribution < 1.29 is 14.3 Å². The van der Waals surface area contributed by atoms with Gasteiger partial charge in [0.1, 0.15) is 11.5 Å². The number of hydrogen-bond donors (Lipinski definition) is 1. The van der Waals surface area contributed by atoms with Crippen molar-refractivity contribution in [3.05, 3.63) is 263 Å². The number of pyridine rings is 2. The highest BCUT2D eigenvalue weighted by molar-refractivity contribution is 6.13. The Hall–Kier alpha value is -8.52. The van der Waals surface area contributed by atoms with Gasteiger partial charge in [-0.05, 0) is 97.8 Å². The van der Waals surface area contributed by atoms with Gasteiger partial charge in [-0.15, -0.1) is 0 Å². The standard InChI is InChI=1S/C31H26N2O.C16H14N2.C15H14O2/c1-22-8-11-26(12-9-22)31(27-14-17-28(34-2)18-15-27)32-21-23-10-13-25-16-19-29(33-30(25)20-23)24-6-4-3-5-7-24;17-11-12-6-7-14-8-9-15(18-16(14)10-12)13-4-2-1-3-5-13;1-11-3-5-12(6-4-11)15(16)13-7-9-14(17-2)10-8-13/h3-20H,21H2,1-2H3;1-10H,11,17H2;3-10H,1-2H3. The zero-order valence-corrected chi connectivity index (χ0v) is 39.3. The van der Waals surface area contributed by atoms with E-state index in [1.54, 1.807) is 38.5 Å². The number of aliphatic imine (C=N–C) groups is 1. The van der Waals surface area contributed by atoms with Crippen LogP contribution in [-0.4, -0.2) is 35.7 Å². The zero-order chi connectivity index (χ0) is 48.0. The number of ether oxygens (including phenoxy) is 2. The van der Waals surface area contributed by atoms with Crippen molar-refractivity contribution >= 4 is 33.3 Å². The van der Waals surface area contributed by atoms with E-state index in [0.717, 1.165) is 89.3 Å². The predicted molar refractivity (Wildman–Crippen MR) is 283 cm³/mol. The van der Waals surface area contributed by atoms with Crippen molar-refractivity contribution in [3.8, 4) is 34.0 Å². The van der Waals surface area contributed by atoms with Crippen LogP contribution in [0, 0.1) is 13.8 Å². The Morgan fingerprint density at radius 3 is 1.30 bits per heavy atom. The molecule has 0 spiro atoms. The number of hydrogen-bond acceptors (Lipinski definition) is 7. The smallest absolute Gasteiger partial charge is 0.193 e. The van der Waals surface area contributed by atoms with Gasteiger partial charge in [0.25, 0.3) is 0 Å². The van der Waals surface area contributed by atoms with Gasteiger partial charge in [0.05, 0.1) is 48.9 Å². The number of aromatic nitrogens is 2. The van der Waals surface area contributed by atoms with Crippen LogP contribution in [-0.2, 0) is 13.1 Å². The summed E-state index contributed by atoms with van der Waals surface area (Å²) in [5, 5.41) is 2.27. The molecule has 8 aromatic carbocycles. The lowest BCUT2D eigenvalue weighted by Gasteiger charge is -2.10. The summed E-state index contributed by atoms with van der Waals surface area (Å²) >= 11 is 0. The van der Waals surface area contributed by atoms with E-state index in [0.29, 0.717) is 24.2 Å². The van der Waals surface area contributed by atoms with Gasteiger partial charge in [-0.3, -0.25) is 9.79 Å². The first-order chi connectivity index (χ1) is 33.8. The third kappa shape index (κ3) is 12.3. The number of methoxy groups -OCH3 is 2. The number of carbonyl (C=O) groups is 1. The van der Waals surface area contributed by atoms with E-state index in [1.807, 2.05) is 85.8 Å². The fourth-order valence-electron chi connectivity index (χ4n) is 7.68. The normalized spacial score (nSPS) is 10.9. The van der Waals surface area contributed by atoms with Crippen LogP contribution in [0.4, 0.5) is 0 Å². The molecule has 0 amide bonds. The third-order valence-electron chi connectivity index (χ3n) is 11.7. The molecule has 0 unspecified atom stereocenters. The van der Waals surface area contributed by atoms with Gasteiger partial charge in [0.2, 0.25) is 0 Å². The van der Waals surface area contributed by atoms with Gasteiger partial charge in [-0.2, -0.15) is 0 Å². The molecule has 340 valence electrons. The Morgan fingerprint density at radius 1 is 0.464 bits per heavy atom. The molecule has 10 aromatic rings. The van der Waals surface area contributed by atoms with Gasteiger partial charge < -0.3 is 15.2 Å². The average Bonchev–Trinajstić information content (AvgIpc) is 3.42. The van der Waals surface area contributed by atoms with Gasteiger partial charge in [0, 0.05) is 50.7 Å². The molecule has 2 heterocycles. The Morgan fingerprint density at radius 2 is 0.855 bits per heavy atom. The molecule has 10 rings (SSSR count). The number of nitrogens with zero attached hydrogens (tertiary/aromatic N) is 3. The van der Waals surface area contributed by atoms with Gasteiger partial charge >= 0.3 is 0 Å². The molecule has 0 aliphatic heterocycles. The van der Waals surface area contributed by atoms with Crippen molar-refractivity contribution in [3.63, 3.8) is 0 Å². The molecule has 0 saturated heterocycles. The molecule has 2 aromatic heterocycles. The number of rotatable bonds is 11. The van der Waals surface area contributed by atoms with Crippen LogP contribution in [0.3, 0.4) is 0 Å². The van der Waals surface area contributed by atoms with Crippen molar-refractivity contribution in [1.29, 1.82) is 0 Å². The quantitative estimate of drug-likeness (QED) is 0.103. The van der Waals surface area contributed by atoms with Gasteiger partial charge in [-0.1, -0.05) is 157 Å². The molecule has 0 atom stereocenters. The average molecular weight is 903 g/mol. The lowest BCUT2D eigenvalue weighted by atomic mass is 10.0. The van der Waals surface area contributed by atoms with Gasteiger partial charge in [-0.25, -0.2) is 9.97 Å². The number of carbonyl (C=O) groups excluding carboxylic acids is 1. The highest BCUT2D eigenvalue weighted by Crippen LogP contribution is 2.25. The maximum absolute atomic E-state index is 12.1. The number of benzene rings is 8. The fourth-order valence-corrected chi connectivity index (χ4v) is 7.68. The Balaban J connectivity index is 0.000000154. The Labute approximate surface area is 404 Å². The van der Waals surface area contributed by atoms with Crippen molar-refractivity contribution in [2.75, 3.05) is 14.2 Å². The highest BCUT2D eigenvalue weighted by Gasteiger charge is 2.11. The summed E-state index contributed by atoms with van der Waals surface area (Å²) in [4.78, 5) is 26.8. The molecule has 2 N–H and O–H groups in total. The van der Waals surface area contributed by atoms with Crippen molar-refractivity contribution in [2.45, 2.75) is 26.9 Å². The van der Waals surface area contributed by atoms with Crippen LogP contribution < -0.4 is 15.2 Å². The maximum atomic E-state index is 12.1. The van der Waals surface area contributed by atoms with E-state index in [1.165, 1.54) is 5.56 Å². The van der Waals surface area contributed by atoms with Crippen LogP contribution >= 0.6 is 0 Å². The SMILES string of the molecule is COc1ccc(C(=NCc2ccc3ccc(-c4ccccc4)nc3c2)c2ccc(C)cc2)cc1.COc1ccc(C(=O)c2ccc(C)cc2)cc1.NCc1ccc2ccc(-c3ccccc3)nc2c1. The topological polar surface area (TPSA) is 99.7 Å². The van der Waals surface area contributed by atoms with Crippen LogP contribution in [0.15, 0.2) is 223 Å². The maximum Gasteiger partial charge on any atom is 0.193 e. The molecule has 7 heteroatoms. The molecule has 0 bridgehead atoms. The van der Waals surface area contributed by atoms with E-state index in [4.69, 9.17) is 30.2 Å². The lowest BCUT2D eigenvalue weighted by Crippen LogP contribution is -2.04. The number of nitrogens with two attached hydrogens (primary N) is 1. The summed E-state index contributed by atoms with van der Waals surface area (Å²) in [7, 11) is 3.29. The van der Waals surface area contributed by atoms with E-state index in [2.05, 4.69) is 122 Å². The fraction of sp³-hybridized carbons (Fsp3) is 0.0968. The predicted octanol–water partition coefficient (Wildman–Crippen LogP) is 13.9.